The third-order valence-electron chi connectivity index (χ3n) is 4.59. The highest BCUT2D eigenvalue weighted by Gasteiger charge is 2.38. The average molecular weight is 250 g/mol. The van der Waals surface area contributed by atoms with E-state index in [9.17, 15) is 0 Å². The highest BCUT2D eigenvalue weighted by atomic mass is 15.4. The SMILES string of the molecule is C=CC[N+]1(C)C(C)=C(C)c2c1ccc1ccccc21. The number of nitrogens with zero attached hydrogens (tertiary/aromatic N) is 1. The van der Waals surface area contributed by atoms with Crippen LogP contribution in [0.4, 0.5) is 5.69 Å². The molecular weight excluding hydrogens is 230 g/mol. The summed E-state index contributed by atoms with van der Waals surface area (Å²) in [6.45, 7) is 9.35. The van der Waals surface area contributed by atoms with Crippen molar-refractivity contribution in [1.82, 2.24) is 4.48 Å². The lowest BCUT2D eigenvalue weighted by molar-refractivity contribution is 0.462. The van der Waals surface area contributed by atoms with Gasteiger partial charge >= 0.3 is 0 Å². The van der Waals surface area contributed by atoms with Gasteiger partial charge in [0, 0.05) is 18.6 Å². The van der Waals surface area contributed by atoms with Gasteiger partial charge in [-0.25, -0.2) is 0 Å². The van der Waals surface area contributed by atoms with Gasteiger partial charge in [-0.1, -0.05) is 30.8 Å². The van der Waals surface area contributed by atoms with Gasteiger partial charge < -0.3 is 0 Å². The summed E-state index contributed by atoms with van der Waals surface area (Å²) in [6.07, 6.45) is 2.01. The summed E-state index contributed by atoms with van der Waals surface area (Å²) in [4.78, 5) is 0. The van der Waals surface area contributed by atoms with Crippen LogP contribution >= 0.6 is 0 Å². The lowest BCUT2D eigenvalue weighted by atomic mass is 9.99. The first-order chi connectivity index (χ1) is 9.09. The number of hydrogen-bond donors (Lipinski definition) is 0. The molecule has 1 nitrogen and oxygen atoms in total. The highest BCUT2D eigenvalue weighted by Crippen LogP contribution is 2.46. The lowest BCUT2D eigenvalue weighted by Crippen LogP contribution is -2.41. The van der Waals surface area contributed by atoms with Crippen molar-refractivity contribution in [3.05, 3.63) is 60.3 Å². The second kappa shape index (κ2) is 4.07. The maximum atomic E-state index is 3.93. The maximum Gasteiger partial charge on any atom is 0.146 e. The van der Waals surface area contributed by atoms with Gasteiger partial charge in [-0.2, -0.15) is 0 Å². The highest BCUT2D eigenvalue weighted by molar-refractivity contribution is 6.02. The summed E-state index contributed by atoms with van der Waals surface area (Å²) in [5.41, 5.74) is 5.65. The summed E-state index contributed by atoms with van der Waals surface area (Å²) >= 11 is 0. The van der Waals surface area contributed by atoms with E-state index in [2.05, 4.69) is 63.9 Å². The van der Waals surface area contributed by atoms with E-state index in [0.29, 0.717) is 0 Å². The van der Waals surface area contributed by atoms with Crippen LogP contribution < -0.4 is 4.48 Å². The van der Waals surface area contributed by atoms with E-state index in [4.69, 9.17) is 0 Å². The van der Waals surface area contributed by atoms with Crippen molar-refractivity contribution in [2.45, 2.75) is 13.8 Å². The summed E-state index contributed by atoms with van der Waals surface area (Å²) in [5.74, 6) is 0. The fraction of sp³-hybridized carbons (Fsp3) is 0.222. The van der Waals surface area contributed by atoms with Crippen LogP contribution in [0.3, 0.4) is 0 Å². The minimum atomic E-state index is 0.857. The van der Waals surface area contributed by atoms with Crippen molar-refractivity contribution in [1.29, 1.82) is 0 Å². The summed E-state index contributed by atoms with van der Waals surface area (Å²) in [5, 5.41) is 2.68. The van der Waals surface area contributed by atoms with Gasteiger partial charge in [0.2, 0.25) is 0 Å². The molecule has 0 fully saturated rings. The molecule has 1 heteroatoms. The van der Waals surface area contributed by atoms with Gasteiger partial charge in [-0.15, -0.1) is 0 Å². The fourth-order valence-electron chi connectivity index (χ4n) is 3.29. The Morgan fingerprint density at radius 1 is 1.11 bits per heavy atom. The van der Waals surface area contributed by atoms with Crippen LogP contribution in [0.25, 0.3) is 16.3 Å². The molecule has 0 aromatic heterocycles. The molecule has 0 N–H and O–H groups in total. The zero-order valence-corrected chi connectivity index (χ0v) is 11.9. The molecule has 0 aliphatic carbocycles. The number of allylic oxidation sites excluding steroid dienone is 2. The number of likely N-dealkylation sites (N-methyl/N-ethyl adjacent to an activating group) is 1. The van der Waals surface area contributed by atoms with Gasteiger partial charge in [0.1, 0.15) is 17.9 Å². The molecule has 96 valence electrons. The van der Waals surface area contributed by atoms with Crippen molar-refractivity contribution in [2.24, 2.45) is 0 Å². The lowest BCUT2D eigenvalue weighted by Gasteiger charge is -2.30. The Morgan fingerprint density at radius 3 is 2.58 bits per heavy atom. The minimum absolute atomic E-state index is 0.857. The molecule has 1 aliphatic heterocycles. The second-order valence-corrected chi connectivity index (χ2v) is 5.55. The number of hydrogen-bond acceptors (Lipinski definition) is 0. The molecule has 1 heterocycles. The van der Waals surface area contributed by atoms with Crippen molar-refractivity contribution >= 4 is 22.0 Å². The van der Waals surface area contributed by atoms with E-state index >= 15 is 0 Å². The van der Waals surface area contributed by atoms with Crippen molar-refractivity contribution in [3.63, 3.8) is 0 Å². The Hall–Kier alpha value is -1.86. The van der Waals surface area contributed by atoms with E-state index < -0.39 is 0 Å². The minimum Gasteiger partial charge on any atom is -0.261 e. The van der Waals surface area contributed by atoms with Crippen LogP contribution in [-0.4, -0.2) is 13.6 Å². The Bertz CT molecular complexity index is 709. The van der Waals surface area contributed by atoms with Gasteiger partial charge in [-0.3, -0.25) is 4.48 Å². The molecule has 0 saturated heterocycles. The first-order valence-corrected chi connectivity index (χ1v) is 6.77. The molecule has 2 aromatic rings. The van der Waals surface area contributed by atoms with Crippen LogP contribution in [0.15, 0.2) is 54.8 Å². The monoisotopic (exact) mass is 250 g/mol. The van der Waals surface area contributed by atoms with Crippen LogP contribution in [0.5, 0.6) is 0 Å². The molecule has 1 aliphatic rings. The quantitative estimate of drug-likeness (QED) is 0.534. The van der Waals surface area contributed by atoms with Gasteiger partial charge in [-0.05, 0) is 29.8 Å². The summed E-state index contributed by atoms with van der Waals surface area (Å²) in [7, 11) is 2.28. The molecule has 19 heavy (non-hydrogen) atoms. The molecular formula is C18H20N+. The Balaban J connectivity index is 2.39. The van der Waals surface area contributed by atoms with Crippen molar-refractivity contribution in [3.8, 4) is 0 Å². The Morgan fingerprint density at radius 2 is 1.84 bits per heavy atom. The maximum absolute atomic E-state index is 3.93. The third kappa shape index (κ3) is 1.52. The van der Waals surface area contributed by atoms with Crippen LogP contribution in [0.1, 0.15) is 19.4 Å². The zero-order valence-electron chi connectivity index (χ0n) is 11.9. The Kier molecular flexibility index (Phi) is 2.61. The molecule has 0 spiro atoms. The molecule has 0 bridgehead atoms. The van der Waals surface area contributed by atoms with Crippen LogP contribution in [-0.2, 0) is 0 Å². The van der Waals surface area contributed by atoms with Gasteiger partial charge in [0.15, 0.2) is 0 Å². The predicted octanol–water partition coefficient (Wildman–Crippen LogP) is 4.73. The molecule has 2 aromatic carbocycles. The largest absolute Gasteiger partial charge is 0.261 e. The van der Waals surface area contributed by atoms with Gasteiger partial charge in [0.05, 0.1) is 12.6 Å². The average Bonchev–Trinajstić information content (AvgIpc) is 2.62. The molecule has 0 amide bonds. The third-order valence-corrected chi connectivity index (χ3v) is 4.59. The normalized spacial score (nSPS) is 21.8. The van der Waals surface area contributed by atoms with E-state index in [1.165, 1.54) is 33.3 Å². The fourth-order valence-corrected chi connectivity index (χ4v) is 3.29. The molecule has 1 atom stereocenters. The Labute approximate surface area is 115 Å². The summed E-state index contributed by atoms with van der Waals surface area (Å²) < 4.78 is 0.857. The van der Waals surface area contributed by atoms with Crippen molar-refractivity contribution in [2.75, 3.05) is 13.6 Å². The number of benzene rings is 2. The second-order valence-electron chi connectivity index (χ2n) is 5.55. The molecule has 0 saturated carbocycles. The van der Waals surface area contributed by atoms with Gasteiger partial charge in [0.25, 0.3) is 0 Å². The van der Waals surface area contributed by atoms with Crippen LogP contribution in [0, 0.1) is 0 Å². The van der Waals surface area contributed by atoms with E-state index in [1.807, 2.05) is 6.08 Å². The van der Waals surface area contributed by atoms with E-state index in [1.54, 1.807) is 0 Å². The zero-order chi connectivity index (χ0) is 13.6. The molecule has 1 unspecified atom stereocenters. The topological polar surface area (TPSA) is 0 Å². The molecule has 0 radical (unpaired) electrons. The number of quaternary nitrogens is 1. The molecule has 3 rings (SSSR count). The standard InChI is InChI=1S/C18H20N/c1-5-12-19(4)14(3)13(2)18-16-9-7-6-8-15(16)10-11-17(18)19/h5-11H,1,12H2,2-4H3/q+1. The summed E-state index contributed by atoms with van der Waals surface area (Å²) in [6, 6.07) is 13.2. The van der Waals surface area contributed by atoms with Crippen molar-refractivity contribution < 1.29 is 0 Å². The van der Waals surface area contributed by atoms with Crippen LogP contribution in [0.2, 0.25) is 0 Å². The predicted molar refractivity (Wildman–Crippen MR) is 85.0 cm³/mol. The first-order valence-electron chi connectivity index (χ1n) is 6.77. The number of rotatable bonds is 2. The van der Waals surface area contributed by atoms with E-state index in [0.717, 1.165) is 11.0 Å². The van der Waals surface area contributed by atoms with E-state index in [-0.39, 0.29) is 0 Å². The number of fused-ring (bicyclic) bond motifs is 3. The first kappa shape index (κ1) is 12.2. The smallest absolute Gasteiger partial charge is 0.146 e.